The normalized spacial score (nSPS) is 29.0. The van der Waals surface area contributed by atoms with Crippen molar-refractivity contribution in [2.75, 3.05) is 0 Å². The Morgan fingerprint density at radius 1 is 1.23 bits per heavy atom. The molecule has 0 aromatic heterocycles. The Kier molecular flexibility index (Phi) is 5.08. The van der Waals surface area contributed by atoms with E-state index in [0.717, 1.165) is 24.8 Å². The van der Waals surface area contributed by atoms with Gasteiger partial charge in [-0.1, -0.05) is 12.1 Å². The SMILES string of the molecule is Cl.NC(=O)c1cccc(CNC(=O)C2C3CCC(C3)C2N)c1. The van der Waals surface area contributed by atoms with E-state index >= 15 is 0 Å². The molecular weight excluding hydrogens is 302 g/mol. The van der Waals surface area contributed by atoms with Crippen LogP contribution in [-0.2, 0) is 11.3 Å². The zero-order valence-corrected chi connectivity index (χ0v) is 13.1. The molecule has 1 aromatic carbocycles. The molecule has 6 heteroatoms. The van der Waals surface area contributed by atoms with E-state index in [0.29, 0.717) is 23.9 Å². The van der Waals surface area contributed by atoms with Crippen LogP contribution < -0.4 is 16.8 Å². The molecule has 5 N–H and O–H groups in total. The van der Waals surface area contributed by atoms with Crippen LogP contribution in [0.3, 0.4) is 0 Å². The van der Waals surface area contributed by atoms with E-state index in [9.17, 15) is 9.59 Å². The Labute approximate surface area is 136 Å². The van der Waals surface area contributed by atoms with Crippen LogP contribution in [0.15, 0.2) is 24.3 Å². The molecule has 2 aliphatic carbocycles. The largest absolute Gasteiger partial charge is 0.366 e. The Morgan fingerprint density at radius 3 is 2.59 bits per heavy atom. The van der Waals surface area contributed by atoms with E-state index < -0.39 is 5.91 Å². The summed E-state index contributed by atoms with van der Waals surface area (Å²) in [6.07, 6.45) is 3.38. The first-order valence-electron chi connectivity index (χ1n) is 7.48. The highest BCUT2D eigenvalue weighted by Gasteiger charge is 2.48. The lowest BCUT2D eigenvalue weighted by atomic mass is 9.84. The number of rotatable bonds is 4. The van der Waals surface area contributed by atoms with Gasteiger partial charge in [0.2, 0.25) is 11.8 Å². The molecule has 0 heterocycles. The average Bonchev–Trinajstić information content (AvgIpc) is 3.06. The summed E-state index contributed by atoms with van der Waals surface area (Å²) in [7, 11) is 0. The number of primary amides is 1. The maximum absolute atomic E-state index is 12.4. The summed E-state index contributed by atoms with van der Waals surface area (Å²) < 4.78 is 0. The van der Waals surface area contributed by atoms with Gasteiger partial charge in [-0.05, 0) is 48.8 Å². The summed E-state index contributed by atoms with van der Waals surface area (Å²) in [5.74, 6) is 0.492. The number of hydrogen-bond acceptors (Lipinski definition) is 3. The average molecular weight is 324 g/mol. The lowest BCUT2D eigenvalue weighted by Gasteiger charge is -2.27. The number of fused-ring (bicyclic) bond motifs is 2. The Balaban J connectivity index is 0.00000176. The van der Waals surface area contributed by atoms with E-state index in [4.69, 9.17) is 11.5 Å². The second-order valence-corrected chi connectivity index (χ2v) is 6.22. The van der Waals surface area contributed by atoms with Gasteiger partial charge in [0.15, 0.2) is 0 Å². The van der Waals surface area contributed by atoms with Crippen molar-refractivity contribution in [2.24, 2.45) is 29.2 Å². The lowest BCUT2D eigenvalue weighted by Crippen LogP contribution is -2.45. The van der Waals surface area contributed by atoms with Crippen molar-refractivity contribution >= 4 is 24.2 Å². The zero-order valence-electron chi connectivity index (χ0n) is 12.3. The molecule has 2 fully saturated rings. The minimum absolute atomic E-state index is 0. The van der Waals surface area contributed by atoms with Crippen LogP contribution in [-0.4, -0.2) is 17.9 Å². The van der Waals surface area contributed by atoms with Crippen molar-refractivity contribution in [2.45, 2.75) is 31.8 Å². The summed E-state index contributed by atoms with van der Waals surface area (Å²) in [5, 5.41) is 2.95. The molecule has 3 rings (SSSR count). The minimum Gasteiger partial charge on any atom is -0.366 e. The van der Waals surface area contributed by atoms with Gasteiger partial charge in [-0.15, -0.1) is 12.4 Å². The van der Waals surface area contributed by atoms with Crippen molar-refractivity contribution in [1.82, 2.24) is 5.32 Å². The molecule has 1 aromatic rings. The summed E-state index contributed by atoms with van der Waals surface area (Å²) in [6, 6.07) is 7.02. The molecular formula is C16H22ClN3O2. The van der Waals surface area contributed by atoms with E-state index in [-0.39, 0.29) is 30.3 Å². The number of nitrogens with one attached hydrogen (secondary N) is 1. The van der Waals surface area contributed by atoms with Gasteiger partial charge in [0.1, 0.15) is 0 Å². The number of halogens is 1. The van der Waals surface area contributed by atoms with Crippen LogP contribution in [0.1, 0.15) is 35.2 Å². The van der Waals surface area contributed by atoms with E-state index in [1.165, 1.54) is 0 Å². The molecule has 4 unspecified atom stereocenters. The number of carbonyl (C=O) groups is 2. The third-order valence-electron chi connectivity index (χ3n) is 4.96. The first kappa shape index (κ1) is 16.8. The maximum atomic E-state index is 12.4. The lowest BCUT2D eigenvalue weighted by molar-refractivity contribution is -0.127. The first-order valence-corrected chi connectivity index (χ1v) is 7.48. The molecule has 2 saturated carbocycles. The maximum Gasteiger partial charge on any atom is 0.248 e. The fourth-order valence-electron chi connectivity index (χ4n) is 3.87. The fraction of sp³-hybridized carbons (Fsp3) is 0.500. The van der Waals surface area contributed by atoms with Crippen molar-refractivity contribution in [3.63, 3.8) is 0 Å². The van der Waals surface area contributed by atoms with Gasteiger partial charge in [0, 0.05) is 18.2 Å². The first-order chi connectivity index (χ1) is 10.1. The highest BCUT2D eigenvalue weighted by atomic mass is 35.5. The van der Waals surface area contributed by atoms with Crippen LogP contribution in [0.5, 0.6) is 0 Å². The zero-order chi connectivity index (χ0) is 15.0. The van der Waals surface area contributed by atoms with E-state index in [1.807, 2.05) is 6.07 Å². The quantitative estimate of drug-likeness (QED) is 0.776. The monoisotopic (exact) mass is 323 g/mol. The van der Waals surface area contributed by atoms with Crippen molar-refractivity contribution < 1.29 is 9.59 Å². The Morgan fingerprint density at radius 2 is 1.95 bits per heavy atom. The van der Waals surface area contributed by atoms with Crippen LogP contribution in [0.4, 0.5) is 0 Å². The molecule has 2 aliphatic rings. The molecule has 2 amide bonds. The third kappa shape index (κ3) is 3.10. The molecule has 5 nitrogen and oxygen atoms in total. The summed E-state index contributed by atoms with van der Waals surface area (Å²) in [5.41, 5.74) is 12.8. The number of carbonyl (C=O) groups excluding carboxylic acids is 2. The number of amides is 2. The molecule has 0 spiro atoms. The standard InChI is InChI=1S/C16H21N3O2.ClH/c17-14-11-5-4-10(7-11)13(14)16(21)19-8-9-2-1-3-12(6-9)15(18)20;/h1-3,6,10-11,13-14H,4-5,7-8,17H2,(H2,18,20)(H,19,21);1H. The second kappa shape index (κ2) is 6.67. The highest BCUT2D eigenvalue weighted by molar-refractivity contribution is 5.92. The molecule has 4 atom stereocenters. The van der Waals surface area contributed by atoms with Crippen LogP contribution in [0.25, 0.3) is 0 Å². The van der Waals surface area contributed by atoms with Crippen molar-refractivity contribution in [3.05, 3.63) is 35.4 Å². The van der Waals surface area contributed by atoms with Gasteiger partial charge in [0.05, 0.1) is 5.92 Å². The minimum atomic E-state index is -0.460. The topological polar surface area (TPSA) is 98.2 Å². The van der Waals surface area contributed by atoms with Crippen LogP contribution in [0.2, 0.25) is 0 Å². The molecule has 120 valence electrons. The van der Waals surface area contributed by atoms with Crippen LogP contribution in [0, 0.1) is 17.8 Å². The summed E-state index contributed by atoms with van der Waals surface area (Å²) in [4.78, 5) is 23.5. The van der Waals surface area contributed by atoms with Gasteiger partial charge in [-0.25, -0.2) is 0 Å². The smallest absolute Gasteiger partial charge is 0.248 e. The second-order valence-electron chi connectivity index (χ2n) is 6.22. The third-order valence-corrected chi connectivity index (χ3v) is 4.96. The molecule has 0 saturated heterocycles. The Bertz CT molecular complexity index is 576. The molecule has 2 bridgehead atoms. The van der Waals surface area contributed by atoms with Gasteiger partial charge < -0.3 is 16.8 Å². The highest BCUT2D eigenvalue weighted by Crippen LogP contribution is 2.47. The predicted octanol–water partition coefficient (Wildman–Crippen LogP) is 1.20. The van der Waals surface area contributed by atoms with Gasteiger partial charge >= 0.3 is 0 Å². The number of benzene rings is 1. The number of hydrogen-bond donors (Lipinski definition) is 3. The number of nitrogens with two attached hydrogens (primary N) is 2. The van der Waals surface area contributed by atoms with Gasteiger partial charge in [0.25, 0.3) is 0 Å². The molecule has 22 heavy (non-hydrogen) atoms. The molecule has 0 radical (unpaired) electrons. The van der Waals surface area contributed by atoms with Crippen molar-refractivity contribution in [1.29, 1.82) is 0 Å². The Hall–Kier alpha value is -1.59. The van der Waals surface area contributed by atoms with Gasteiger partial charge in [-0.2, -0.15) is 0 Å². The van der Waals surface area contributed by atoms with E-state index in [2.05, 4.69) is 5.32 Å². The van der Waals surface area contributed by atoms with E-state index in [1.54, 1.807) is 18.2 Å². The van der Waals surface area contributed by atoms with Gasteiger partial charge in [-0.3, -0.25) is 9.59 Å². The summed E-state index contributed by atoms with van der Waals surface area (Å²) >= 11 is 0. The summed E-state index contributed by atoms with van der Waals surface area (Å²) in [6.45, 7) is 0.403. The van der Waals surface area contributed by atoms with Crippen LogP contribution >= 0.6 is 12.4 Å². The van der Waals surface area contributed by atoms with Crippen molar-refractivity contribution in [3.8, 4) is 0 Å². The fourth-order valence-corrected chi connectivity index (χ4v) is 3.87. The molecule has 0 aliphatic heterocycles. The predicted molar refractivity (Wildman–Crippen MR) is 86.4 cm³/mol.